The van der Waals surface area contributed by atoms with Gasteiger partial charge in [0.15, 0.2) is 0 Å². The molecule has 4 amide bonds. The number of amides is 4. The zero-order valence-corrected chi connectivity index (χ0v) is 11.4. The van der Waals surface area contributed by atoms with Crippen molar-refractivity contribution >= 4 is 40.9 Å². The van der Waals surface area contributed by atoms with Gasteiger partial charge in [-0.05, 0) is 18.6 Å². The van der Waals surface area contributed by atoms with E-state index >= 15 is 0 Å². The zero-order chi connectivity index (χ0) is 15.3. The lowest BCUT2D eigenvalue weighted by molar-refractivity contribution is -0.136. The molecular weight excluding hydrogens is 298 g/mol. The van der Waals surface area contributed by atoms with Crippen molar-refractivity contribution in [2.75, 3.05) is 5.73 Å². The van der Waals surface area contributed by atoms with Crippen molar-refractivity contribution in [3.63, 3.8) is 0 Å². The fraction of sp³-hybridized carbons (Fsp3) is 0.231. The number of rotatable bonds is 1. The number of carbonyl (C=O) groups excluding carboxylic acids is 4. The summed E-state index contributed by atoms with van der Waals surface area (Å²) in [5.41, 5.74) is 5.87. The average molecular weight is 308 g/mol. The molecule has 108 valence electrons. The SMILES string of the molecule is Nc1ccc(Cl)c2c1C(=O)N(C1CCC(=O)NC1=O)C2=O. The molecule has 21 heavy (non-hydrogen) atoms. The lowest BCUT2D eigenvalue weighted by Gasteiger charge is -2.27. The van der Waals surface area contributed by atoms with Gasteiger partial charge in [0.1, 0.15) is 6.04 Å². The first kappa shape index (κ1) is 13.6. The van der Waals surface area contributed by atoms with Gasteiger partial charge in [0.2, 0.25) is 11.8 Å². The van der Waals surface area contributed by atoms with Gasteiger partial charge in [-0.25, -0.2) is 0 Å². The van der Waals surface area contributed by atoms with E-state index in [0.717, 1.165) is 4.90 Å². The third-order valence-electron chi connectivity index (χ3n) is 3.57. The maximum Gasteiger partial charge on any atom is 0.264 e. The first-order chi connectivity index (χ1) is 9.91. The fourth-order valence-electron chi connectivity index (χ4n) is 2.58. The minimum Gasteiger partial charge on any atom is -0.398 e. The Morgan fingerprint density at radius 2 is 1.81 bits per heavy atom. The highest BCUT2D eigenvalue weighted by Gasteiger charge is 2.46. The number of nitrogens with one attached hydrogen (secondary N) is 1. The molecule has 1 aromatic carbocycles. The van der Waals surface area contributed by atoms with E-state index in [9.17, 15) is 19.2 Å². The monoisotopic (exact) mass is 307 g/mol. The van der Waals surface area contributed by atoms with E-state index in [4.69, 9.17) is 17.3 Å². The van der Waals surface area contributed by atoms with Crippen molar-refractivity contribution in [3.8, 4) is 0 Å². The number of carbonyl (C=O) groups is 4. The summed E-state index contributed by atoms with van der Waals surface area (Å²) in [4.78, 5) is 48.7. The Bertz CT molecular complexity index is 675. The smallest absolute Gasteiger partial charge is 0.264 e. The number of nitrogen functional groups attached to an aromatic ring is 1. The van der Waals surface area contributed by atoms with Gasteiger partial charge in [0, 0.05) is 12.1 Å². The number of hydrogen-bond donors (Lipinski definition) is 2. The highest BCUT2D eigenvalue weighted by molar-refractivity contribution is 6.38. The van der Waals surface area contributed by atoms with E-state index in [1.165, 1.54) is 12.1 Å². The summed E-state index contributed by atoms with van der Waals surface area (Å²) in [6.45, 7) is 0. The summed E-state index contributed by atoms with van der Waals surface area (Å²) >= 11 is 5.96. The number of nitrogens with two attached hydrogens (primary N) is 1. The van der Waals surface area contributed by atoms with Crippen LogP contribution < -0.4 is 11.1 Å². The molecule has 1 atom stereocenters. The van der Waals surface area contributed by atoms with E-state index in [0.29, 0.717) is 0 Å². The van der Waals surface area contributed by atoms with Crippen molar-refractivity contribution in [1.82, 2.24) is 10.2 Å². The summed E-state index contributed by atoms with van der Waals surface area (Å²) < 4.78 is 0. The predicted molar refractivity (Wildman–Crippen MR) is 72.5 cm³/mol. The van der Waals surface area contributed by atoms with Crippen LogP contribution in [0.3, 0.4) is 0 Å². The van der Waals surface area contributed by atoms with Crippen LogP contribution in [-0.2, 0) is 9.59 Å². The Balaban J connectivity index is 2.05. The number of nitrogens with zero attached hydrogens (tertiary/aromatic N) is 1. The molecule has 0 bridgehead atoms. The van der Waals surface area contributed by atoms with Crippen LogP contribution >= 0.6 is 11.6 Å². The number of halogens is 1. The Morgan fingerprint density at radius 1 is 1.14 bits per heavy atom. The van der Waals surface area contributed by atoms with Gasteiger partial charge in [-0.15, -0.1) is 0 Å². The highest BCUT2D eigenvalue weighted by Crippen LogP contribution is 2.35. The molecular formula is C13H10ClN3O4. The van der Waals surface area contributed by atoms with E-state index < -0.39 is 29.7 Å². The van der Waals surface area contributed by atoms with Crippen molar-refractivity contribution in [1.29, 1.82) is 0 Å². The second-order valence-corrected chi connectivity index (χ2v) is 5.24. The van der Waals surface area contributed by atoms with Gasteiger partial charge in [0.05, 0.1) is 16.1 Å². The van der Waals surface area contributed by atoms with Crippen LogP contribution in [0.25, 0.3) is 0 Å². The maximum absolute atomic E-state index is 12.4. The highest BCUT2D eigenvalue weighted by atomic mass is 35.5. The lowest BCUT2D eigenvalue weighted by atomic mass is 10.0. The van der Waals surface area contributed by atoms with Gasteiger partial charge in [-0.1, -0.05) is 11.6 Å². The molecule has 0 radical (unpaired) electrons. The van der Waals surface area contributed by atoms with Crippen molar-refractivity contribution < 1.29 is 19.2 Å². The third kappa shape index (κ3) is 1.89. The number of anilines is 1. The molecule has 1 aromatic rings. The number of piperidine rings is 1. The number of imide groups is 2. The molecule has 0 aliphatic carbocycles. The van der Waals surface area contributed by atoms with E-state index in [1.807, 2.05) is 0 Å². The Hall–Kier alpha value is -2.41. The van der Waals surface area contributed by atoms with Crippen LogP contribution in [0.1, 0.15) is 33.6 Å². The number of hydrogen-bond acceptors (Lipinski definition) is 5. The summed E-state index contributed by atoms with van der Waals surface area (Å²) in [7, 11) is 0. The summed E-state index contributed by atoms with van der Waals surface area (Å²) in [5.74, 6) is -2.42. The van der Waals surface area contributed by atoms with E-state index in [2.05, 4.69) is 5.32 Å². The normalized spacial score (nSPS) is 21.6. The van der Waals surface area contributed by atoms with Crippen LogP contribution in [0.5, 0.6) is 0 Å². The first-order valence-electron chi connectivity index (χ1n) is 6.21. The second-order valence-electron chi connectivity index (χ2n) is 4.83. The molecule has 2 aliphatic rings. The molecule has 0 spiro atoms. The van der Waals surface area contributed by atoms with Crippen LogP contribution in [0.15, 0.2) is 12.1 Å². The average Bonchev–Trinajstić information content (AvgIpc) is 2.68. The quantitative estimate of drug-likeness (QED) is 0.573. The van der Waals surface area contributed by atoms with Gasteiger partial charge < -0.3 is 5.73 Å². The van der Waals surface area contributed by atoms with Crippen LogP contribution in [0.4, 0.5) is 5.69 Å². The second kappa shape index (κ2) is 4.56. The van der Waals surface area contributed by atoms with Crippen LogP contribution in [-0.4, -0.2) is 34.6 Å². The lowest BCUT2D eigenvalue weighted by Crippen LogP contribution is -2.54. The maximum atomic E-state index is 12.4. The van der Waals surface area contributed by atoms with E-state index in [1.54, 1.807) is 0 Å². The van der Waals surface area contributed by atoms with Crippen molar-refractivity contribution in [3.05, 3.63) is 28.3 Å². The summed E-state index contributed by atoms with van der Waals surface area (Å²) in [6.07, 6.45) is 0.153. The molecule has 0 saturated carbocycles. The van der Waals surface area contributed by atoms with Gasteiger partial charge in [-0.3, -0.25) is 29.4 Å². The first-order valence-corrected chi connectivity index (χ1v) is 6.59. The molecule has 0 aromatic heterocycles. The molecule has 2 heterocycles. The number of benzene rings is 1. The molecule has 3 N–H and O–H groups in total. The van der Waals surface area contributed by atoms with Crippen molar-refractivity contribution in [2.45, 2.75) is 18.9 Å². The summed E-state index contributed by atoms with van der Waals surface area (Å²) in [5, 5.41) is 2.22. The van der Waals surface area contributed by atoms with E-state index in [-0.39, 0.29) is 34.7 Å². The van der Waals surface area contributed by atoms with Gasteiger partial charge in [0.25, 0.3) is 11.8 Å². The van der Waals surface area contributed by atoms with Crippen LogP contribution in [0, 0.1) is 0 Å². The van der Waals surface area contributed by atoms with Gasteiger partial charge >= 0.3 is 0 Å². The fourth-order valence-corrected chi connectivity index (χ4v) is 2.82. The largest absolute Gasteiger partial charge is 0.398 e. The molecule has 8 heteroatoms. The molecule has 7 nitrogen and oxygen atoms in total. The number of fused-ring (bicyclic) bond motifs is 1. The van der Waals surface area contributed by atoms with Gasteiger partial charge in [-0.2, -0.15) is 0 Å². The minimum absolute atomic E-state index is 0.00590. The minimum atomic E-state index is -1.02. The molecule has 1 fully saturated rings. The molecule has 1 saturated heterocycles. The summed E-state index contributed by atoms with van der Waals surface area (Å²) in [6, 6.07) is 1.83. The zero-order valence-electron chi connectivity index (χ0n) is 10.7. The Morgan fingerprint density at radius 3 is 2.43 bits per heavy atom. The standard InChI is InChI=1S/C13H10ClN3O4/c14-5-1-2-6(15)10-9(5)12(20)17(13(10)21)7-3-4-8(18)16-11(7)19/h1-2,7H,3-4,15H2,(H,16,18,19). The predicted octanol–water partition coefficient (Wildman–Crippen LogP) is 0.323. The Labute approximate surface area is 124 Å². The molecule has 3 rings (SSSR count). The topological polar surface area (TPSA) is 110 Å². The van der Waals surface area contributed by atoms with Crippen molar-refractivity contribution in [2.24, 2.45) is 0 Å². The van der Waals surface area contributed by atoms with Crippen LogP contribution in [0.2, 0.25) is 5.02 Å². The Kier molecular flexibility index (Phi) is 2.94. The third-order valence-corrected chi connectivity index (χ3v) is 3.89. The molecule has 1 unspecified atom stereocenters. The molecule has 2 aliphatic heterocycles.